The van der Waals surface area contributed by atoms with Crippen molar-refractivity contribution in [3.05, 3.63) is 54.1 Å². The smallest absolute Gasteiger partial charge is 0.242 e. The molecule has 1 N–H and O–H groups in total. The van der Waals surface area contributed by atoms with Crippen LogP contribution in [0.3, 0.4) is 0 Å². The van der Waals surface area contributed by atoms with Crippen molar-refractivity contribution in [2.45, 2.75) is 38.8 Å². The van der Waals surface area contributed by atoms with Gasteiger partial charge in [-0.25, -0.2) is 4.98 Å². The van der Waals surface area contributed by atoms with E-state index in [1.807, 2.05) is 47.7 Å². The van der Waals surface area contributed by atoms with Crippen LogP contribution in [-0.2, 0) is 17.8 Å². The number of carbonyl (C=O) groups is 1. The minimum absolute atomic E-state index is 0.0430. The number of aromatic nitrogens is 2. The standard InChI is InChI=1S/C19H25N3O2/c1-15-20-9-11-21(15)14-18(23)22-10-8-19(2,24)17(13-22)12-16-6-4-3-5-7-16/h3-7,9,11,17,24H,8,10,12-14H2,1-2H3/t17-,19+/m0/s1. The van der Waals surface area contributed by atoms with E-state index in [4.69, 9.17) is 0 Å². The van der Waals surface area contributed by atoms with Gasteiger partial charge in [0, 0.05) is 31.4 Å². The maximum Gasteiger partial charge on any atom is 0.242 e. The summed E-state index contributed by atoms with van der Waals surface area (Å²) in [6.45, 7) is 5.29. The first kappa shape index (κ1) is 16.7. The minimum atomic E-state index is -0.739. The van der Waals surface area contributed by atoms with Crippen LogP contribution in [0.2, 0.25) is 0 Å². The average molecular weight is 327 g/mol. The van der Waals surface area contributed by atoms with E-state index in [0.717, 1.165) is 12.2 Å². The van der Waals surface area contributed by atoms with Crippen LogP contribution in [0.25, 0.3) is 0 Å². The van der Waals surface area contributed by atoms with Crippen molar-refractivity contribution in [2.75, 3.05) is 13.1 Å². The van der Waals surface area contributed by atoms with E-state index in [1.165, 1.54) is 5.56 Å². The van der Waals surface area contributed by atoms with Crippen molar-refractivity contribution in [2.24, 2.45) is 5.92 Å². The van der Waals surface area contributed by atoms with Gasteiger partial charge in [0.05, 0.1) is 5.60 Å². The zero-order valence-corrected chi connectivity index (χ0v) is 14.4. The Kier molecular flexibility index (Phi) is 4.71. The molecule has 0 bridgehead atoms. The third-order valence-electron chi connectivity index (χ3n) is 5.12. The van der Waals surface area contributed by atoms with Crippen molar-refractivity contribution >= 4 is 5.91 Å². The second-order valence-electron chi connectivity index (χ2n) is 6.94. The molecular weight excluding hydrogens is 302 g/mol. The van der Waals surface area contributed by atoms with Crippen LogP contribution >= 0.6 is 0 Å². The molecule has 2 heterocycles. The monoisotopic (exact) mass is 327 g/mol. The lowest BCUT2D eigenvalue weighted by atomic mass is 9.79. The van der Waals surface area contributed by atoms with E-state index < -0.39 is 5.60 Å². The fourth-order valence-corrected chi connectivity index (χ4v) is 3.35. The summed E-state index contributed by atoms with van der Waals surface area (Å²) in [5, 5.41) is 10.7. The Bertz CT molecular complexity index is 694. The summed E-state index contributed by atoms with van der Waals surface area (Å²) in [5.74, 6) is 0.972. The molecule has 5 nitrogen and oxygen atoms in total. The molecule has 3 rings (SSSR count). The molecule has 5 heteroatoms. The van der Waals surface area contributed by atoms with Gasteiger partial charge in [-0.2, -0.15) is 0 Å². The number of likely N-dealkylation sites (tertiary alicyclic amines) is 1. The highest BCUT2D eigenvalue weighted by Crippen LogP contribution is 2.30. The summed E-state index contributed by atoms with van der Waals surface area (Å²) in [5.41, 5.74) is 0.458. The van der Waals surface area contributed by atoms with E-state index in [2.05, 4.69) is 17.1 Å². The highest BCUT2D eigenvalue weighted by molar-refractivity contribution is 5.76. The summed E-state index contributed by atoms with van der Waals surface area (Å²) in [6, 6.07) is 10.2. The summed E-state index contributed by atoms with van der Waals surface area (Å²) in [4.78, 5) is 18.7. The SMILES string of the molecule is Cc1nccn1CC(=O)N1CC[C@@](C)(O)[C@@H](Cc2ccccc2)C1. The summed E-state index contributed by atoms with van der Waals surface area (Å²) >= 11 is 0. The number of hydrogen-bond acceptors (Lipinski definition) is 3. The van der Waals surface area contributed by atoms with Crippen LogP contribution in [-0.4, -0.2) is 44.2 Å². The lowest BCUT2D eigenvalue weighted by molar-refractivity contribution is -0.139. The molecular formula is C19H25N3O2. The Hall–Kier alpha value is -2.14. The van der Waals surface area contributed by atoms with Gasteiger partial charge in [-0.05, 0) is 32.3 Å². The predicted octanol–water partition coefficient (Wildman–Crippen LogP) is 2.03. The van der Waals surface area contributed by atoms with E-state index in [1.54, 1.807) is 6.20 Å². The first-order valence-electron chi connectivity index (χ1n) is 8.47. The summed E-state index contributed by atoms with van der Waals surface area (Å²) in [6.07, 6.45) is 4.93. The molecule has 1 aromatic carbocycles. The van der Waals surface area contributed by atoms with Gasteiger partial charge in [0.25, 0.3) is 0 Å². The Labute approximate surface area is 142 Å². The third kappa shape index (κ3) is 3.67. The quantitative estimate of drug-likeness (QED) is 0.935. The highest BCUT2D eigenvalue weighted by Gasteiger charge is 2.38. The molecule has 1 aliphatic heterocycles. The topological polar surface area (TPSA) is 58.4 Å². The van der Waals surface area contributed by atoms with Crippen LogP contribution in [0.1, 0.15) is 24.7 Å². The second kappa shape index (κ2) is 6.77. The molecule has 1 aliphatic rings. The van der Waals surface area contributed by atoms with Crippen molar-refractivity contribution < 1.29 is 9.90 Å². The van der Waals surface area contributed by atoms with Crippen LogP contribution in [0, 0.1) is 12.8 Å². The van der Waals surface area contributed by atoms with Crippen molar-refractivity contribution in [1.82, 2.24) is 14.5 Å². The summed E-state index contributed by atoms with van der Waals surface area (Å²) < 4.78 is 1.86. The summed E-state index contributed by atoms with van der Waals surface area (Å²) in [7, 11) is 0. The van der Waals surface area contributed by atoms with Gasteiger partial charge in [-0.1, -0.05) is 30.3 Å². The van der Waals surface area contributed by atoms with Gasteiger partial charge in [0.15, 0.2) is 0 Å². The Balaban J connectivity index is 1.68. The molecule has 128 valence electrons. The van der Waals surface area contributed by atoms with E-state index in [0.29, 0.717) is 26.1 Å². The van der Waals surface area contributed by atoms with Gasteiger partial charge in [-0.15, -0.1) is 0 Å². The molecule has 0 unspecified atom stereocenters. The highest BCUT2D eigenvalue weighted by atomic mass is 16.3. The molecule has 1 fully saturated rings. The lowest BCUT2D eigenvalue weighted by Crippen LogP contribution is -2.53. The molecule has 0 aliphatic carbocycles. The molecule has 2 atom stereocenters. The fourth-order valence-electron chi connectivity index (χ4n) is 3.35. The Morgan fingerprint density at radius 3 is 2.79 bits per heavy atom. The van der Waals surface area contributed by atoms with Crippen molar-refractivity contribution in [1.29, 1.82) is 0 Å². The number of aliphatic hydroxyl groups is 1. The van der Waals surface area contributed by atoms with Crippen LogP contribution in [0.4, 0.5) is 0 Å². The van der Waals surface area contributed by atoms with Gasteiger partial charge >= 0.3 is 0 Å². The fraction of sp³-hybridized carbons (Fsp3) is 0.474. The lowest BCUT2D eigenvalue weighted by Gasteiger charge is -2.43. The van der Waals surface area contributed by atoms with E-state index in [9.17, 15) is 9.90 Å². The molecule has 1 aromatic heterocycles. The number of piperidine rings is 1. The van der Waals surface area contributed by atoms with Crippen LogP contribution in [0.15, 0.2) is 42.7 Å². The Morgan fingerprint density at radius 1 is 1.38 bits per heavy atom. The van der Waals surface area contributed by atoms with Crippen LogP contribution in [0.5, 0.6) is 0 Å². The zero-order chi connectivity index (χ0) is 17.2. The number of benzene rings is 1. The average Bonchev–Trinajstić information content (AvgIpc) is 2.95. The molecule has 0 radical (unpaired) electrons. The largest absolute Gasteiger partial charge is 0.390 e. The van der Waals surface area contributed by atoms with Crippen LogP contribution < -0.4 is 0 Å². The number of imidazole rings is 1. The maximum atomic E-state index is 12.6. The first-order valence-corrected chi connectivity index (χ1v) is 8.47. The number of rotatable bonds is 4. The zero-order valence-electron chi connectivity index (χ0n) is 14.4. The van der Waals surface area contributed by atoms with E-state index >= 15 is 0 Å². The van der Waals surface area contributed by atoms with Gasteiger partial charge in [0.2, 0.25) is 5.91 Å². The minimum Gasteiger partial charge on any atom is -0.390 e. The molecule has 0 spiro atoms. The predicted molar refractivity (Wildman–Crippen MR) is 92.4 cm³/mol. The van der Waals surface area contributed by atoms with Gasteiger partial charge in [-0.3, -0.25) is 4.79 Å². The third-order valence-corrected chi connectivity index (χ3v) is 5.12. The van der Waals surface area contributed by atoms with E-state index in [-0.39, 0.29) is 11.8 Å². The number of hydrogen-bond donors (Lipinski definition) is 1. The van der Waals surface area contributed by atoms with Crippen molar-refractivity contribution in [3.8, 4) is 0 Å². The van der Waals surface area contributed by atoms with Crippen molar-refractivity contribution in [3.63, 3.8) is 0 Å². The molecule has 0 saturated carbocycles. The van der Waals surface area contributed by atoms with Gasteiger partial charge < -0.3 is 14.6 Å². The maximum absolute atomic E-state index is 12.6. The first-order chi connectivity index (χ1) is 11.5. The Morgan fingerprint density at radius 2 is 2.12 bits per heavy atom. The molecule has 1 amide bonds. The second-order valence-corrected chi connectivity index (χ2v) is 6.94. The number of amides is 1. The molecule has 1 saturated heterocycles. The molecule has 24 heavy (non-hydrogen) atoms. The number of carbonyl (C=O) groups excluding carboxylic acids is 1. The van der Waals surface area contributed by atoms with Gasteiger partial charge in [0.1, 0.15) is 12.4 Å². The normalized spacial score (nSPS) is 24.1. The number of nitrogens with zero attached hydrogens (tertiary/aromatic N) is 3. The molecule has 2 aromatic rings. The number of aryl methyl sites for hydroxylation is 1.